The predicted molar refractivity (Wildman–Crippen MR) is 115 cm³/mol. The van der Waals surface area contributed by atoms with Crippen LogP contribution in [-0.4, -0.2) is 34.0 Å². The van der Waals surface area contributed by atoms with Gasteiger partial charge in [-0.2, -0.15) is 0 Å². The van der Waals surface area contributed by atoms with Crippen molar-refractivity contribution in [1.29, 1.82) is 0 Å². The van der Waals surface area contributed by atoms with E-state index in [0.29, 0.717) is 13.0 Å². The van der Waals surface area contributed by atoms with Crippen LogP contribution in [0.25, 0.3) is 0 Å². The number of hydrogen-bond donors (Lipinski definition) is 1. The molecule has 2 aliphatic rings. The second kappa shape index (κ2) is 8.16. The Kier molecular flexibility index (Phi) is 5.61. The molecule has 1 fully saturated rings. The Balaban J connectivity index is 1.42. The Bertz CT molecular complexity index is 996. The molecule has 29 heavy (non-hydrogen) atoms. The molecule has 1 saturated heterocycles. The number of piperidine rings is 1. The third kappa shape index (κ3) is 4.31. The van der Waals surface area contributed by atoms with Crippen molar-refractivity contribution in [2.24, 2.45) is 0 Å². The van der Waals surface area contributed by atoms with Crippen molar-refractivity contribution >= 4 is 27.3 Å². The van der Waals surface area contributed by atoms with E-state index in [0.717, 1.165) is 29.9 Å². The van der Waals surface area contributed by atoms with Gasteiger partial charge in [-0.3, -0.25) is 4.79 Å². The number of carbonyl (C=O) groups excluding carboxylic acids is 1. The van der Waals surface area contributed by atoms with Crippen LogP contribution in [0.5, 0.6) is 0 Å². The number of hydrogen-bond acceptors (Lipinski definition) is 4. The molecule has 154 valence electrons. The van der Waals surface area contributed by atoms with Crippen molar-refractivity contribution in [2.45, 2.75) is 44.0 Å². The van der Waals surface area contributed by atoms with Crippen molar-refractivity contribution in [2.75, 3.05) is 29.4 Å². The zero-order valence-electron chi connectivity index (χ0n) is 16.7. The molecule has 2 heterocycles. The Morgan fingerprint density at radius 2 is 1.72 bits per heavy atom. The first-order valence-electron chi connectivity index (χ1n) is 10.2. The van der Waals surface area contributed by atoms with Gasteiger partial charge in [-0.1, -0.05) is 12.1 Å². The molecule has 2 aliphatic heterocycles. The van der Waals surface area contributed by atoms with Gasteiger partial charge in [-0.15, -0.1) is 0 Å². The van der Waals surface area contributed by atoms with E-state index in [9.17, 15) is 13.2 Å². The first-order chi connectivity index (χ1) is 13.9. The van der Waals surface area contributed by atoms with E-state index >= 15 is 0 Å². The average Bonchev–Trinajstić information content (AvgIpc) is 3.17. The van der Waals surface area contributed by atoms with Crippen LogP contribution < -0.4 is 14.5 Å². The highest BCUT2D eigenvalue weighted by molar-refractivity contribution is 7.89. The Labute approximate surface area is 172 Å². The molecular formula is C22H27N3O3S. The number of fused-ring (bicyclic) bond motifs is 1. The fourth-order valence-electron chi connectivity index (χ4n) is 4.11. The normalized spacial score (nSPS) is 16.7. The second-order valence-corrected chi connectivity index (χ2v) is 9.52. The van der Waals surface area contributed by atoms with Crippen LogP contribution in [0, 0.1) is 0 Å². The van der Waals surface area contributed by atoms with E-state index in [1.807, 2.05) is 12.1 Å². The molecule has 0 unspecified atom stereocenters. The van der Waals surface area contributed by atoms with E-state index in [1.165, 1.54) is 31.9 Å². The SMILES string of the molecule is CC(=O)N1CCc2cc(S(=O)(=O)NCc3ccc(N4CCCCC4)cc3)ccc21. The molecule has 4 rings (SSSR count). The van der Waals surface area contributed by atoms with E-state index in [-0.39, 0.29) is 17.3 Å². The smallest absolute Gasteiger partial charge is 0.240 e. The summed E-state index contributed by atoms with van der Waals surface area (Å²) in [5, 5.41) is 0. The molecule has 0 spiro atoms. The van der Waals surface area contributed by atoms with Crippen molar-refractivity contribution in [1.82, 2.24) is 4.72 Å². The van der Waals surface area contributed by atoms with Crippen molar-refractivity contribution in [3.8, 4) is 0 Å². The maximum absolute atomic E-state index is 12.7. The number of nitrogens with one attached hydrogen (secondary N) is 1. The summed E-state index contributed by atoms with van der Waals surface area (Å²) >= 11 is 0. The third-order valence-corrected chi connectivity index (χ3v) is 7.16. The minimum absolute atomic E-state index is 0.0227. The lowest BCUT2D eigenvalue weighted by Gasteiger charge is -2.28. The van der Waals surface area contributed by atoms with Crippen molar-refractivity contribution in [3.05, 3.63) is 53.6 Å². The fraction of sp³-hybridized carbons (Fsp3) is 0.409. The zero-order valence-corrected chi connectivity index (χ0v) is 17.5. The minimum Gasteiger partial charge on any atom is -0.372 e. The molecule has 2 aromatic rings. The van der Waals surface area contributed by atoms with Crippen LogP contribution in [0.3, 0.4) is 0 Å². The second-order valence-electron chi connectivity index (χ2n) is 7.75. The number of sulfonamides is 1. The topological polar surface area (TPSA) is 69.7 Å². The number of benzene rings is 2. The maximum Gasteiger partial charge on any atom is 0.240 e. The van der Waals surface area contributed by atoms with Gasteiger partial charge in [0.25, 0.3) is 0 Å². The van der Waals surface area contributed by atoms with Gasteiger partial charge in [0.15, 0.2) is 0 Å². The van der Waals surface area contributed by atoms with E-state index < -0.39 is 10.0 Å². The molecule has 0 aliphatic carbocycles. The summed E-state index contributed by atoms with van der Waals surface area (Å²) in [7, 11) is -3.61. The zero-order chi connectivity index (χ0) is 20.4. The summed E-state index contributed by atoms with van der Waals surface area (Å²) in [6, 6.07) is 13.1. The van der Waals surface area contributed by atoms with Gasteiger partial charge < -0.3 is 9.80 Å². The van der Waals surface area contributed by atoms with Crippen molar-refractivity contribution in [3.63, 3.8) is 0 Å². The number of anilines is 2. The van der Waals surface area contributed by atoms with Gasteiger partial charge in [0.05, 0.1) is 4.90 Å². The lowest BCUT2D eigenvalue weighted by molar-refractivity contribution is -0.116. The molecule has 1 amide bonds. The van der Waals surface area contributed by atoms with E-state index in [1.54, 1.807) is 23.1 Å². The lowest BCUT2D eigenvalue weighted by Crippen LogP contribution is -2.29. The molecule has 2 aromatic carbocycles. The summed E-state index contributed by atoms with van der Waals surface area (Å²) in [5.41, 5.74) is 3.84. The fourth-order valence-corrected chi connectivity index (χ4v) is 5.18. The summed E-state index contributed by atoms with van der Waals surface area (Å²) in [6.45, 7) is 4.55. The molecule has 0 saturated carbocycles. The van der Waals surface area contributed by atoms with Gasteiger partial charge in [0.2, 0.25) is 15.9 Å². The number of carbonyl (C=O) groups is 1. The summed E-state index contributed by atoms with van der Waals surface area (Å²) in [5.74, 6) is -0.0227. The predicted octanol–water partition coefficient (Wildman–Crippen LogP) is 3.06. The lowest BCUT2D eigenvalue weighted by atomic mass is 10.1. The van der Waals surface area contributed by atoms with Crippen molar-refractivity contribution < 1.29 is 13.2 Å². The third-order valence-electron chi connectivity index (χ3n) is 5.76. The van der Waals surface area contributed by atoms with Crippen LogP contribution in [0.4, 0.5) is 11.4 Å². The molecule has 0 radical (unpaired) electrons. The number of nitrogens with zero attached hydrogens (tertiary/aromatic N) is 2. The van der Waals surface area contributed by atoms with Gasteiger partial charge in [0.1, 0.15) is 0 Å². The highest BCUT2D eigenvalue weighted by Crippen LogP contribution is 2.30. The van der Waals surface area contributed by atoms with Gasteiger partial charge in [0, 0.05) is 44.5 Å². The molecule has 0 bridgehead atoms. The van der Waals surface area contributed by atoms with E-state index in [4.69, 9.17) is 0 Å². The van der Waals surface area contributed by atoms with Crippen LogP contribution in [0.1, 0.15) is 37.3 Å². The Hall–Kier alpha value is -2.38. The average molecular weight is 414 g/mol. The minimum atomic E-state index is -3.61. The molecule has 6 nitrogen and oxygen atoms in total. The number of rotatable bonds is 5. The first-order valence-corrected chi connectivity index (χ1v) is 11.7. The highest BCUT2D eigenvalue weighted by atomic mass is 32.2. The van der Waals surface area contributed by atoms with Gasteiger partial charge in [-0.25, -0.2) is 13.1 Å². The van der Waals surface area contributed by atoms with E-state index in [2.05, 4.69) is 21.8 Å². The molecule has 0 atom stereocenters. The van der Waals surface area contributed by atoms with Gasteiger partial charge in [-0.05, 0) is 67.1 Å². The monoisotopic (exact) mass is 413 g/mol. The first kappa shape index (κ1) is 19.9. The van der Waals surface area contributed by atoms with Crippen LogP contribution in [-0.2, 0) is 27.8 Å². The highest BCUT2D eigenvalue weighted by Gasteiger charge is 2.24. The van der Waals surface area contributed by atoms with Crippen LogP contribution in [0.15, 0.2) is 47.4 Å². The largest absolute Gasteiger partial charge is 0.372 e. The molecular weight excluding hydrogens is 386 g/mol. The Morgan fingerprint density at radius 1 is 1.00 bits per heavy atom. The molecule has 7 heteroatoms. The molecule has 1 N–H and O–H groups in total. The quantitative estimate of drug-likeness (QED) is 0.818. The Morgan fingerprint density at radius 3 is 2.41 bits per heavy atom. The van der Waals surface area contributed by atoms with Gasteiger partial charge >= 0.3 is 0 Å². The standard InChI is InChI=1S/C22H27N3O3S/c1-17(26)25-14-11-19-15-21(9-10-22(19)25)29(27,28)23-16-18-5-7-20(8-6-18)24-12-3-2-4-13-24/h5-10,15,23H,2-4,11-14,16H2,1H3. The number of amides is 1. The summed E-state index contributed by atoms with van der Waals surface area (Å²) in [6.07, 6.45) is 4.43. The van der Waals surface area contributed by atoms with Crippen LogP contribution in [0.2, 0.25) is 0 Å². The molecule has 0 aromatic heterocycles. The summed E-state index contributed by atoms with van der Waals surface area (Å²) < 4.78 is 28.2. The maximum atomic E-state index is 12.7. The van der Waals surface area contributed by atoms with Crippen LogP contribution >= 0.6 is 0 Å². The summed E-state index contributed by atoms with van der Waals surface area (Å²) in [4.78, 5) is 16.0.